The first-order valence-corrected chi connectivity index (χ1v) is 4.95. The first-order chi connectivity index (χ1) is 5.60. The molecule has 2 N–H and O–H groups in total. The Bertz CT molecular complexity index is 100. The zero-order chi connectivity index (χ0) is 9.56. The van der Waals surface area contributed by atoms with E-state index in [2.05, 4.69) is 27.7 Å². The lowest BCUT2D eigenvalue weighted by Gasteiger charge is -2.21. The maximum absolute atomic E-state index is 5.73. The van der Waals surface area contributed by atoms with Gasteiger partial charge in [0, 0.05) is 6.54 Å². The summed E-state index contributed by atoms with van der Waals surface area (Å²) in [6.45, 7) is 9.30. The molecule has 12 heavy (non-hydrogen) atoms. The van der Waals surface area contributed by atoms with E-state index in [1.807, 2.05) is 0 Å². The van der Waals surface area contributed by atoms with Crippen molar-refractivity contribution in [2.24, 2.45) is 11.7 Å². The summed E-state index contributed by atoms with van der Waals surface area (Å²) in [5.74, 6) is 0.704. The Labute approximate surface area is 76.5 Å². The van der Waals surface area contributed by atoms with E-state index in [4.69, 9.17) is 10.5 Å². The van der Waals surface area contributed by atoms with E-state index in [0.29, 0.717) is 18.6 Å². The van der Waals surface area contributed by atoms with Crippen molar-refractivity contribution in [3.8, 4) is 0 Å². The minimum Gasteiger partial charge on any atom is -0.374 e. The Kier molecular flexibility index (Phi) is 6.39. The molecule has 0 aliphatic heterocycles. The zero-order valence-corrected chi connectivity index (χ0v) is 8.84. The Hall–Kier alpha value is -0.0800. The summed E-state index contributed by atoms with van der Waals surface area (Å²) < 4.78 is 5.73. The van der Waals surface area contributed by atoms with Crippen LogP contribution in [0.4, 0.5) is 0 Å². The first-order valence-electron chi connectivity index (χ1n) is 4.95. The fraction of sp³-hybridized carbons (Fsp3) is 1.00. The van der Waals surface area contributed by atoms with Gasteiger partial charge in [0.1, 0.15) is 0 Å². The molecule has 74 valence electrons. The number of hydrogen-bond acceptors (Lipinski definition) is 2. The molecule has 0 bridgehead atoms. The van der Waals surface area contributed by atoms with Crippen LogP contribution >= 0.6 is 0 Å². The second kappa shape index (κ2) is 6.44. The maximum Gasteiger partial charge on any atom is 0.0698 e. The molecule has 0 radical (unpaired) electrons. The topological polar surface area (TPSA) is 35.2 Å². The maximum atomic E-state index is 5.73. The molecule has 0 fully saturated rings. The summed E-state index contributed by atoms with van der Waals surface area (Å²) in [6, 6.07) is 0. The molecular formula is C10H23NO. The van der Waals surface area contributed by atoms with Crippen molar-refractivity contribution in [2.75, 3.05) is 6.54 Å². The Morgan fingerprint density at radius 3 is 2.17 bits per heavy atom. The van der Waals surface area contributed by atoms with Gasteiger partial charge in [-0.3, -0.25) is 0 Å². The van der Waals surface area contributed by atoms with Crippen molar-refractivity contribution in [2.45, 2.75) is 52.7 Å². The van der Waals surface area contributed by atoms with Crippen molar-refractivity contribution in [1.82, 2.24) is 0 Å². The largest absolute Gasteiger partial charge is 0.374 e. The van der Waals surface area contributed by atoms with E-state index < -0.39 is 0 Å². The number of nitrogens with two attached hydrogens (primary N) is 1. The molecule has 0 saturated carbocycles. The number of ether oxygens (including phenoxy) is 1. The van der Waals surface area contributed by atoms with Crippen LogP contribution in [0.5, 0.6) is 0 Å². The molecule has 2 unspecified atom stereocenters. The van der Waals surface area contributed by atoms with Gasteiger partial charge in [0.2, 0.25) is 0 Å². The van der Waals surface area contributed by atoms with Crippen LogP contribution in [-0.2, 0) is 4.74 Å². The average molecular weight is 173 g/mol. The number of rotatable bonds is 6. The van der Waals surface area contributed by atoms with Gasteiger partial charge in [0.25, 0.3) is 0 Å². The second-order valence-electron chi connectivity index (χ2n) is 3.84. The predicted molar refractivity (Wildman–Crippen MR) is 53.1 cm³/mol. The van der Waals surface area contributed by atoms with E-state index in [1.165, 1.54) is 0 Å². The van der Waals surface area contributed by atoms with E-state index in [9.17, 15) is 0 Å². The van der Waals surface area contributed by atoms with Gasteiger partial charge in [-0.1, -0.05) is 20.8 Å². The third kappa shape index (κ3) is 5.56. The molecule has 0 rings (SSSR count). The highest BCUT2D eigenvalue weighted by atomic mass is 16.5. The van der Waals surface area contributed by atoms with Gasteiger partial charge < -0.3 is 10.5 Å². The van der Waals surface area contributed by atoms with Gasteiger partial charge in [-0.25, -0.2) is 0 Å². The molecule has 0 heterocycles. The number of hydrogen-bond donors (Lipinski definition) is 1. The summed E-state index contributed by atoms with van der Waals surface area (Å²) in [5.41, 5.74) is 5.54. The fourth-order valence-corrected chi connectivity index (χ4v) is 1.37. The van der Waals surface area contributed by atoms with Gasteiger partial charge in [0.15, 0.2) is 0 Å². The Balaban J connectivity index is 3.58. The third-order valence-electron chi connectivity index (χ3n) is 1.95. The highest BCUT2D eigenvalue weighted by Gasteiger charge is 2.10. The lowest BCUT2D eigenvalue weighted by atomic mass is 10.1. The summed E-state index contributed by atoms with van der Waals surface area (Å²) in [7, 11) is 0. The lowest BCUT2D eigenvalue weighted by Crippen LogP contribution is -2.27. The highest BCUT2D eigenvalue weighted by Crippen LogP contribution is 2.10. The van der Waals surface area contributed by atoms with E-state index in [0.717, 1.165) is 12.8 Å². The van der Waals surface area contributed by atoms with Crippen LogP contribution in [0.3, 0.4) is 0 Å². The molecule has 0 aromatic rings. The van der Waals surface area contributed by atoms with E-state index >= 15 is 0 Å². The van der Waals surface area contributed by atoms with E-state index in [-0.39, 0.29) is 6.10 Å². The first kappa shape index (κ1) is 11.9. The molecule has 0 aromatic heterocycles. The third-order valence-corrected chi connectivity index (χ3v) is 1.95. The van der Waals surface area contributed by atoms with Crippen LogP contribution < -0.4 is 5.73 Å². The summed E-state index contributed by atoms with van der Waals surface area (Å²) >= 11 is 0. The second-order valence-corrected chi connectivity index (χ2v) is 3.84. The SMILES string of the molecule is CCC(CN)OC(C)CC(C)C. The molecular weight excluding hydrogens is 150 g/mol. The van der Waals surface area contributed by atoms with Crippen molar-refractivity contribution in [3.05, 3.63) is 0 Å². The fourth-order valence-electron chi connectivity index (χ4n) is 1.37. The van der Waals surface area contributed by atoms with Gasteiger partial charge in [-0.05, 0) is 25.7 Å². The molecule has 2 heteroatoms. The summed E-state index contributed by atoms with van der Waals surface area (Å²) in [4.78, 5) is 0. The molecule has 0 aliphatic carbocycles. The summed E-state index contributed by atoms with van der Waals surface area (Å²) in [5, 5.41) is 0. The van der Waals surface area contributed by atoms with Gasteiger partial charge in [0.05, 0.1) is 12.2 Å². The van der Waals surface area contributed by atoms with Crippen LogP contribution in [0.25, 0.3) is 0 Å². The minimum absolute atomic E-state index is 0.249. The molecule has 0 spiro atoms. The smallest absolute Gasteiger partial charge is 0.0698 e. The Morgan fingerprint density at radius 2 is 1.83 bits per heavy atom. The van der Waals surface area contributed by atoms with Crippen molar-refractivity contribution >= 4 is 0 Å². The quantitative estimate of drug-likeness (QED) is 0.668. The normalized spacial score (nSPS) is 16.5. The van der Waals surface area contributed by atoms with Crippen molar-refractivity contribution in [3.63, 3.8) is 0 Å². The molecule has 0 aromatic carbocycles. The highest BCUT2D eigenvalue weighted by molar-refractivity contribution is 4.60. The van der Waals surface area contributed by atoms with Gasteiger partial charge in [-0.2, -0.15) is 0 Å². The van der Waals surface area contributed by atoms with E-state index in [1.54, 1.807) is 0 Å². The minimum atomic E-state index is 0.249. The predicted octanol–water partition coefficient (Wildman–Crippen LogP) is 2.17. The molecule has 2 nitrogen and oxygen atoms in total. The molecule has 2 atom stereocenters. The van der Waals surface area contributed by atoms with Crippen LogP contribution in [0.1, 0.15) is 40.5 Å². The van der Waals surface area contributed by atoms with Crippen molar-refractivity contribution in [1.29, 1.82) is 0 Å². The van der Waals surface area contributed by atoms with Crippen molar-refractivity contribution < 1.29 is 4.74 Å². The van der Waals surface area contributed by atoms with Crippen LogP contribution in [0.2, 0.25) is 0 Å². The monoisotopic (exact) mass is 173 g/mol. The van der Waals surface area contributed by atoms with Crippen LogP contribution in [0, 0.1) is 5.92 Å². The van der Waals surface area contributed by atoms with Gasteiger partial charge >= 0.3 is 0 Å². The standard InChI is InChI=1S/C10H23NO/c1-5-10(7-11)12-9(4)6-8(2)3/h8-10H,5-7,11H2,1-4H3. The Morgan fingerprint density at radius 1 is 1.25 bits per heavy atom. The molecule has 0 amide bonds. The molecule has 0 saturated heterocycles. The van der Waals surface area contributed by atoms with Crippen LogP contribution in [-0.4, -0.2) is 18.8 Å². The van der Waals surface area contributed by atoms with Gasteiger partial charge in [-0.15, -0.1) is 0 Å². The van der Waals surface area contributed by atoms with Crippen LogP contribution in [0.15, 0.2) is 0 Å². The molecule has 0 aliphatic rings. The lowest BCUT2D eigenvalue weighted by molar-refractivity contribution is -0.00845. The zero-order valence-electron chi connectivity index (χ0n) is 8.84. The average Bonchev–Trinajstić information content (AvgIpc) is 1.98. The summed E-state index contributed by atoms with van der Waals surface area (Å²) in [6.07, 6.45) is 2.73.